The van der Waals surface area contributed by atoms with E-state index in [1.807, 2.05) is 17.6 Å². The van der Waals surface area contributed by atoms with Crippen molar-refractivity contribution in [1.29, 1.82) is 0 Å². The normalized spacial score (nSPS) is 12.3. The first-order valence-corrected chi connectivity index (χ1v) is 7.82. The van der Waals surface area contributed by atoms with Crippen LogP contribution in [0.4, 0.5) is 0 Å². The van der Waals surface area contributed by atoms with E-state index in [1.165, 1.54) is 10.4 Å². The first kappa shape index (κ1) is 15.0. The summed E-state index contributed by atoms with van der Waals surface area (Å²) < 4.78 is 5.17. The van der Waals surface area contributed by atoms with Gasteiger partial charge in [-0.3, -0.25) is 0 Å². The van der Waals surface area contributed by atoms with Crippen LogP contribution in [0.2, 0.25) is 0 Å². The summed E-state index contributed by atoms with van der Waals surface area (Å²) in [5, 5.41) is 3.56. The van der Waals surface area contributed by atoms with Gasteiger partial charge in [-0.2, -0.15) is 0 Å². The standard InChI is InChI=1S/C16H22N2OS/c1-12(17-10-16-13(2)18-11-20-16)4-5-14-6-8-15(19-3)9-7-14/h6-9,11-12,17H,4-5,10H2,1-3H3. The Bertz CT molecular complexity index is 522. The van der Waals surface area contributed by atoms with Gasteiger partial charge in [0.05, 0.1) is 18.3 Å². The van der Waals surface area contributed by atoms with Gasteiger partial charge in [0.1, 0.15) is 5.75 Å². The maximum Gasteiger partial charge on any atom is 0.118 e. The molecule has 1 unspecified atom stereocenters. The van der Waals surface area contributed by atoms with Gasteiger partial charge in [0.2, 0.25) is 0 Å². The van der Waals surface area contributed by atoms with Crippen molar-refractivity contribution in [2.24, 2.45) is 0 Å². The summed E-state index contributed by atoms with van der Waals surface area (Å²) in [6.45, 7) is 5.22. The molecule has 0 aliphatic rings. The van der Waals surface area contributed by atoms with Crippen molar-refractivity contribution in [3.05, 3.63) is 45.9 Å². The second-order valence-corrected chi connectivity index (χ2v) is 5.97. The van der Waals surface area contributed by atoms with Gasteiger partial charge in [-0.15, -0.1) is 11.3 Å². The highest BCUT2D eigenvalue weighted by Crippen LogP contribution is 2.14. The quantitative estimate of drug-likeness (QED) is 0.846. The average molecular weight is 290 g/mol. The maximum atomic E-state index is 5.17. The fraction of sp³-hybridized carbons (Fsp3) is 0.438. The Labute approximate surface area is 125 Å². The zero-order valence-corrected chi connectivity index (χ0v) is 13.2. The number of thiazole rings is 1. The number of nitrogens with zero attached hydrogens (tertiary/aromatic N) is 1. The van der Waals surface area contributed by atoms with Crippen LogP contribution in [0.5, 0.6) is 5.75 Å². The summed E-state index contributed by atoms with van der Waals surface area (Å²) >= 11 is 1.72. The second kappa shape index (κ2) is 7.41. The number of aryl methyl sites for hydroxylation is 2. The van der Waals surface area contributed by atoms with E-state index < -0.39 is 0 Å². The fourth-order valence-corrected chi connectivity index (χ4v) is 2.77. The first-order valence-electron chi connectivity index (χ1n) is 6.94. The second-order valence-electron chi connectivity index (χ2n) is 5.03. The van der Waals surface area contributed by atoms with Crippen LogP contribution >= 0.6 is 11.3 Å². The smallest absolute Gasteiger partial charge is 0.118 e. The number of nitrogens with one attached hydrogen (secondary N) is 1. The molecule has 1 aromatic carbocycles. The van der Waals surface area contributed by atoms with Gasteiger partial charge in [-0.05, 0) is 44.4 Å². The molecule has 0 aliphatic heterocycles. The summed E-state index contributed by atoms with van der Waals surface area (Å²) in [7, 11) is 1.70. The van der Waals surface area contributed by atoms with E-state index in [2.05, 4.69) is 36.3 Å². The molecule has 108 valence electrons. The molecule has 1 N–H and O–H groups in total. The molecule has 4 heteroatoms. The zero-order valence-electron chi connectivity index (χ0n) is 12.3. The molecule has 1 aromatic heterocycles. The van der Waals surface area contributed by atoms with Crippen molar-refractivity contribution in [3.63, 3.8) is 0 Å². The van der Waals surface area contributed by atoms with Crippen LogP contribution in [-0.4, -0.2) is 18.1 Å². The van der Waals surface area contributed by atoms with Gasteiger partial charge in [0.25, 0.3) is 0 Å². The Morgan fingerprint density at radius 3 is 2.65 bits per heavy atom. The van der Waals surface area contributed by atoms with E-state index in [0.29, 0.717) is 6.04 Å². The third-order valence-electron chi connectivity index (χ3n) is 3.48. The molecule has 0 radical (unpaired) electrons. The van der Waals surface area contributed by atoms with Crippen molar-refractivity contribution in [2.45, 2.75) is 39.3 Å². The maximum absolute atomic E-state index is 5.17. The number of hydrogen-bond donors (Lipinski definition) is 1. The molecule has 0 saturated heterocycles. The predicted molar refractivity (Wildman–Crippen MR) is 84.5 cm³/mol. The lowest BCUT2D eigenvalue weighted by Crippen LogP contribution is -2.25. The minimum atomic E-state index is 0.499. The van der Waals surface area contributed by atoms with E-state index in [0.717, 1.165) is 30.8 Å². The van der Waals surface area contributed by atoms with Gasteiger partial charge < -0.3 is 10.1 Å². The summed E-state index contributed by atoms with van der Waals surface area (Å²) in [6.07, 6.45) is 2.21. The molecule has 0 bridgehead atoms. The van der Waals surface area contributed by atoms with Crippen LogP contribution < -0.4 is 10.1 Å². The lowest BCUT2D eigenvalue weighted by Gasteiger charge is -2.13. The minimum absolute atomic E-state index is 0.499. The number of aromatic nitrogens is 1. The Morgan fingerprint density at radius 1 is 1.30 bits per heavy atom. The molecule has 2 aromatic rings. The lowest BCUT2D eigenvalue weighted by molar-refractivity contribution is 0.414. The predicted octanol–water partition coefficient (Wildman–Crippen LogP) is 3.57. The van der Waals surface area contributed by atoms with Crippen LogP contribution in [0.1, 0.15) is 29.5 Å². The molecule has 2 rings (SSSR count). The lowest BCUT2D eigenvalue weighted by atomic mass is 10.1. The van der Waals surface area contributed by atoms with E-state index >= 15 is 0 Å². The number of methoxy groups -OCH3 is 1. The molecule has 20 heavy (non-hydrogen) atoms. The third kappa shape index (κ3) is 4.32. The van der Waals surface area contributed by atoms with Gasteiger partial charge in [-0.25, -0.2) is 4.98 Å². The Hall–Kier alpha value is -1.39. The molecular formula is C16H22N2OS. The molecule has 1 atom stereocenters. The number of benzene rings is 1. The molecule has 0 amide bonds. The van der Waals surface area contributed by atoms with Crippen LogP contribution in [-0.2, 0) is 13.0 Å². The number of ether oxygens (including phenoxy) is 1. The third-order valence-corrected chi connectivity index (χ3v) is 4.42. The highest BCUT2D eigenvalue weighted by molar-refractivity contribution is 7.09. The number of rotatable bonds is 7. The van der Waals surface area contributed by atoms with Gasteiger partial charge in [-0.1, -0.05) is 12.1 Å². The molecule has 0 saturated carbocycles. The van der Waals surface area contributed by atoms with Crippen molar-refractivity contribution in [3.8, 4) is 5.75 Å². The molecule has 3 nitrogen and oxygen atoms in total. The van der Waals surface area contributed by atoms with Gasteiger partial charge >= 0.3 is 0 Å². The van der Waals surface area contributed by atoms with Gasteiger partial charge in [0.15, 0.2) is 0 Å². The van der Waals surface area contributed by atoms with Crippen LogP contribution in [0.3, 0.4) is 0 Å². The Balaban J connectivity index is 1.74. The van der Waals surface area contributed by atoms with Gasteiger partial charge in [0, 0.05) is 17.5 Å². The molecule has 1 heterocycles. The van der Waals surface area contributed by atoms with Crippen molar-refractivity contribution in [2.75, 3.05) is 7.11 Å². The van der Waals surface area contributed by atoms with E-state index in [4.69, 9.17) is 4.74 Å². The minimum Gasteiger partial charge on any atom is -0.497 e. The fourth-order valence-electron chi connectivity index (χ4n) is 2.04. The summed E-state index contributed by atoms with van der Waals surface area (Å²) in [6, 6.07) is 8.82. The summed E-state index contributed by atoms with van der Waals surface area (Å²) in [5.41, 5.74) is 4.41. The molecule has 0 spiro atoms. The molecule has 0 aliphatic carbocycles. The van der Waals surface area contributed by atoms with Crippen molar-refractivity contribution >= 4 is 11.3 Å². The molecule has 0 fully saturated rings. The zero-order chi connectivity index (χ0) is 14.4. The van der Waals surface area contributed by atoms with Crippen LogP contribution in [0.15, 0.2) is 29.8 Å². The monoisotopic (exact) mass is 290 g/mol. The number of hydrogen-bond acceptors (Lipinski definition) is 4. The van der Waals surface area contributed by atoms with E-state index in [9.17, 15) is 0 Å². The largest absolute Gasteiger partial charge is 0.497 e. The SMILES string of the molecule is COc1ccc(CCC(C)NCc2scnc2C)cc1. The van der Waals surface area contributed by atoms with Crippen LogP contribution in [0.25, 0.3) is 0 Å². The van der Waals surface area contributed by atoms with Crippen molar-refractivity contribution in [1.82, 2.24) is 10.3 Å². The summed E-state index contributed by atoms with van der Waals surface area (Å²) in [4.78, 5) is 5.61. The summed E-state index contributed by atoms with van der Waals surface area (Å²) in [5.74, 6) is 0.917. The Kier molecular flexibility index (Phi) is 5.56. The van der Waals surface area contributed by atoms with E-state index in [-0.39, 0.29) is 0 Å². The van der Waals surface area contributed by atoms with E-state index in [1.54, 1.807) is 18.4 Å². The average Bonchev–Trinajstić information content (AvgIpc) is 2.89. The Morgan fingerprint density at radius 2 is 2.05 bits per heavy atom. The highest BCUT2D eigenvalue weighted by Gasteiger charge is 2.05. The first-order chi connectivity index (χ1) is 9.69. The molecular weight excluding hydrogens is 268 g/mol. The topological polar surface area (TPSA) is 34.1 Å². The van der Waals surface area contributed by atoms with Crippen molar-refractivity contribution < 1.29 is 4.74 Å². The van der Waals surface area contributed by atoms with Crippen LogP contribution in [0, 0.1) is 6.92 Å². The highest BCUT2D eigenvalue weighted by atomic mass is 32.1.